The molecule has 0 amide bonds. The Bertz CT molecular complexity index is 563. The summed E-state index contributed by atoms with van der Waals surface area (Å²) < 4.78 is 9.98. The Kier molecular flexibility index (Phi) is 4.73. The van der Waals surface area contributed by atoms with Crippen molar-refractivity contribution in [3.63, 3.8) is 0 Å². The molecule has 0 spiro atoms. The lowest BCUT2D eigenvalue weighted by Crippen LogP contribution is -2.05. The Morgan fingerprint density at radius 1 is 1.35 bits per heavy atom. The lowest BCUT2D eigenvalue weighted by molar-refractivity contribution is 0.0519. The SMILES string of the molecule is CCOC(=O)c1coc(NCc2ccc(CN)cc2)n1. The second kappa shape index (κ2) is 6.72. The number of rotatable bonds is 6. The quantitative estimate of drug-likeness (QED) is 0.783. The molecule has 1 aromatic carbocycles. The summed E-state index contributed by atoms with van der Waals surface area (Å²) in [5, 5.41) is 3.00. The van der Waals surface area contributed by atoms with E-state index in [1.54, 1.807) is 6.92 Å². The van der Waals surface area contributed by atoms with Crippen LogP contribution < -0.4 is 11.1 Å². The second-order valence-electron chi connectivity index (χ2n) is 4.13. The van der Waals surface area contributed by atoms with Crippen LogP contribution in [0.5, 0.6) is 0 Å². The first-order valence-electron chi connectivity index (χ1n) is 6.37. The van der Waals surface area contributed by atoms with Gasteiger partial charge in [0, 0.05) is 13.1 Å². The van der Waals surface area contributed by atoms with Gasteiger partial charge >= 0.3 is 5.97 Å². The molecule has 1 heterocycles. The molecule has 2 rings (SSSR count). The predicted molar refractivity (Wildman–Crippen MR) is 74.1 cm³/mol. The van der Waals surface area contributed by atoms with Crippen molar-refractivity contribution in [1.29, 1.82) is 0 Å². The van der Waals surface area contributed by atoms with Gasteiger partial charge in [0.25, 0.3) is 6.01 Å². The van der Waals surface area contributed by atoms with Gasteiger partial charge in [0.05, 0.1) is 6.61 Å². The summed E-state index contributed by atoms with van der Waals surface area (Å²) in [7, 11) is 0. The molecule has 0 saturated heterocycles. The molecule has 0 unspecified atom stereocenters. The molecule has 0 bridgehead atoms. The number of carbonyl (C=O) groups excluding carboxylic acids is 1. The molecule has 106 valence electrons. The summed E-state index contributed by atoms with van der Waals surface area (Å²) >= 11 is 0. The second-order valence-corrected chi connectivity index (χ2v) is 4.13. The van der Waals surface area contributed by atoms with Crippen LogP contribution in [0.3, 0.4) is 0 Å². The van der Waals surface area contributed by atoms with Crippen LogP contribution in [0.2, 0.25) is 0 Å². The lowest BCUT2D eigenvalue weighted by atomic mass is 10.1. The third kappa shape index (κ3) is 3.58. The number of esters is 1. The van der Waals surface area contributed by atoms with Crippen LogP contribution in [0.25, 0.3) is 0 Å². The highest BCUT2D eigenvalue weighted by Crippen LogP contribution is 2.11. The standard InChI is InChI=1S/C14H17N3O3/c1-2-19-13(18)12-9-20-14(17-12)16-8-11-5-3-10(7-15)4-6-11/h3-6,9H,2,7-8,15H2,1H3,(H,16,17). The number of nitrogens with one attached hydrogen (secondary N) is 1. The number of benzene rings is 1. The molecule has 0 aliphatic rings. The van der Waals surface area contributed by atoms with E-state index in [2.05, 4.69) is 10.3 Å². The number of anilines is 1. The summed E-state index contributed by atoms with van der Waals surface area (Å²) in [6.07, 6.45) is 1.28. The molecular formula is C14H17N3O3. The Labute approximate surface area is 116 Å². The minimum absolute atomic E-state index is 0.160. The highest BCUT2D eigenvalue weighted by atomic mass is 16.5. The van der Waals surface area contributed by atoms with Gasteiger partial charge in [-0.3, -0.25) is 0 Å². The fourth-order valence-electron chi connectivity index (χ4n) is 1.62. The molecule has 0 aliphatic carbocycles. The first-order valence-corrected chi connectivity index (χ1v) is 6.37. The molecule has 3 N–H and O–H groups in total. The van der Waals surface area contributed by atoms with Gasteiger partial charge in [-0.2, -0.15) is 4.98 Å². The zero-order chi connectivity index (χ0) is 14.4. The molecule has 6 heteroatoms. The maximum atomic E-state index is 11.4. The van der Waals surface area contributed by atoms with Crippen LogP contribution >= 0.6 is 0 Å². The summed E-state index contributed by atoms with van der Waals surface area (Å²) in [4.78, 5) is 15.4. The van der Waals surface area contributed by atoms with E-state index >= 15 is 0 Å². The molecule has 0 radical (unpaired) electrons. The molecule has 0 saturated carbocycles. The zero-order valence-electron chi connectivity index (χ0n) is 11.3. The largest absolute Gasteiger partial charge is 0.461 e. The van der Waals surface area contributed by atoms with E-state index in [4.69, 9.17) is 14.9 Å². The van der Waals surface area contributed by atoms with Crippen LogP contribution in [0.4, 0.5) is 6.01 Å². The summed E-state index contributed by atoms with van der Waals surface area (Å²) in [6.45, 7) is 3.12. The van der Waals surface area contributed by atoms with Crippen LogP contribution in [-0.2, 0) is 17.8 Å². The molecule has 20 heavy (non-hydrogen) atoms. The summed E-state index contributed by atoms with van der Waals surface area (Å²) in [5.74, 6) is -0.489. The van der Waals surface area contributed by atoms with E-state index < -0.39 is 5.97 Å². The van der Waals surface area contributed by atoms with Gasteiger partial charge in [-0.1, -0.05) is 24.3 Å². The minimum Gasteiger partial charge on any atom is -0.461 e. The van der Waals surface area contributed by atoms with Crippen LogP contribution in [0.1, 0.15) is 28.5 Å². The van der Waals surface area contributed by atoms with Crippen molar-refractivity contribution in [3.05, 3.63) is 47.3 Å². The molecule has 6 nitrogen and oxygen atoms in total. The van der Waals surface area contributed by atoms with E-state index in [9.17, 15) is 4.79 Å². The van der Waals surface area contributed by atoms with Gasteiger partial charge in [-0.15, -0.1) is 0 Å². The van der Waals surface area contributed by atoms with E-state index in [1.807, 2.05) is 24.3 Å². The highest BCUT2D eigenvalue weighted by molar-refractivity contribution is 5.87. The molecule has 0 atom stereocenters. The van der Waals surface area contributed by atoms with Crippen molar-refractivity contribution >= 4 is 12.0 Å². The van der Waals surface area contributed by atoms with Gasteiger partial charge in [-0.05, 0) is 18.1 Å². The molecule has 2 aromatic rings. The normalized spacial score (nSPS) is 10.3. The summed E-state index contributed by atoms with van der Waals surface area (Å²) in [5.41, 5.74) is 7.84. The number of ether oxygens (including phenoxy) is 1. The Morgan fingerprint density at radius 3 is 2.70 bits per heavy atom. The molecule has 0 fully saturated rings. The average molecular weight is 275 g/mol. The van der Waals surface area contributed by atoms with Gasteiger partial charge in [-0.25, -0.2) is 4.79 Å². The van der Waals surface area contributed by atoms with E-state index in [0.29, 0.717) is 19.7 Å². The third-order valence-corrected chi connectivity index (χ3v) is 2.69. The van der Waals surface area contributed by atoms with Gasteiger partial charge in [0.1, 0.15) is 6.26 Å². The maximum absolute atomic E-state index is 11.4. The first-order chi connectivity index (χ1) is 9.72. The summed E-state index contributed by atoms with van der Waals surface area (Å²) in [6, 6.07) is 8.18. The lowest BCUT2D eigenvalue weighted by Gasteiger charge is -2.03. The van der Waals surface area contributed by atoms with Crippen molar-refractivity contribution in [2.45, 2.75) is 20.0 Å². The van der Waals surface area contributed by atoms with Crippen molar-refractivity contribution in [3.8, 4) is 0 Å². The van der Waals surface area contributed by atoms with E-state index in [0.717, 1.165) is 11.1 Å². The number of oxazole rings is 1. The number of hydrogen-bond donors (Lipinski definition) is 2. The minimum atomic E-state index is -0.489. The predicted octanol–water partition coefficient (Wildman–Crippen LogP) is 1.92. The van der Waals surface area contributed by atoms with Crippen LogP contribution in [0, 0.1) is 0 Å². The average Bonchev–Trinajstić information content (AvgIpc) is 2.95. The van der Waals surface area contributed by atoms with Gasteiger partial charge in [0.15, 0.2) is 5.69 Å². The monoisotopic (exact) mass is 275 g/mol. The number of nitrogens with two attached hydrogens (primary N) is 1. The van der Waals surface area contributed by atoms with Crippen molar-refractivity contribution in [2.24, 2.45) is 5.73 Å². The topological polar surface area (TPSA) is 90.4 Å². The first kappa shape index (κ1) is 14.1. The van der Waals surface area contributed by atoms with Crippen LogP contribution in [0.15, 0.2) is 34.9 Å². The van der Waals surface area contributed by atoms with Crippen molar-refractivity contribution < 1.29 is 13.9 Å². The zero-order valence-corrected chi connectivity index (χ0v) is 11.3. The number of hydrogen-bond acceptors (Lipinski definition) is 6. The fourth-order valence-corrected chi connectivity index (χ4v) is 1.62. The Balaban J connectivity index is 1.91. The van der Waals surface area contributed by atoms with E-state index in [-0.39, 0.29) is 11.7 Å². The van der Waals surface area contributed by atoms with Crippen LogP contribution in [-0.4, -0.2) is 17.6 Å². The number of aromatic nitrogens is 1. The Morgan fingerprint density at radius 2 is 2.05 bits per heavy atom. The fraction of sp³-hybridized carbons (Fsp3) is 0.286. The maximum Gasteiger partial charge on any atom is 0.360 e. The molecule has 0 aliphatic heterocycles. The third-order valence-electron chi connectivity index (χ3n) is 2.69. The molecular weight excluding hydrogens is 258 g/mol. The van der Waals surface area contributed by atoms with Crippen molar-refractivity contribution in [2.75, 3.05) is 11.9 Å². The highest BCUT2D eigenvalue weighted by Gasteiger charge is 2.12. The smallest absolute Gasteiger partial charge is 0.360 e. The van der Waals surface area contributed by atoms with Gasteiger partial charge in [0.2, 0.25) is 0 Å². The molecule has 1 aromatic heterocycles. The number of carbonyl (C=O) groups is 1. The van der Waals surface area contributed by atoms with Crippen molar-refractivity contribution in [1.82, 2.24) is 4.98 Å². The van der Waals surface area contributed by atoms with E-state index in [1.165, 1.54) is 6.26 Å². The number of nitrogens with zero attached hydrogens (tertiary/aromatic N) is 1. The Hall–Kier alpha value is -2.34. The van der Waals surface area contributed by atoms with Gasteiger partial charge < -0.3 is 20.2 Å².